The van der Waals surface area contributed by atoms with Crippen LogP contribution in [0.3, 0.4) is 0 Å². The van der Waals surface area contributed by atoms with Crippen LogP contribution in [0.5, 0.6) is 0 Å². The first-order chi connectivity index (χ1) is 9.80. The third-order valence-electron chi connectivity index (χ3n) is 4.25. The maximum Gasteiger partial charge on any atom is 0.243 e. The Labute approximate surface area is 125 Å². The molecule has 2 aliphatic heterocycles. The zero-order valence-electron chi connectivity index (χ0n) is 11.7. The Hall–Kier alpha value is -0.960. The molecule has 2 fully saturated rings. The van der Waals surface area contributed by atoms with Crippen molar-refractivity contribution in [3.63, 3.8) is 0 Å². The minimum absolute atomic E-state index is 0.0181. The van der Waals surface area contributed by atoms with Crippen LogP contribution in [0.1, 0.15) is 6.42 Å². The predicted molar refractivity (Wildman–Crippen MR) is 78.2 cm³/mol. The van der Waals surface area contributed by atoms with Crippen molar-refractivity contribution in [3.8, 4) is 0 Å². The van der Waals surface area contributed by atoms with E-state index in [4.69, 9.17) is 0 Å². The molecule has 0 saturated carbocycles. The number of sulfone groups is 1. The second kappa shape index (κ2) is 5.05. The standard InChI is InChI=1S/C13H18N2O4S2/c1-20(16,17)11-2-4-12(5-3-11)21(18,19)15-7-6-10-8-14-9-13(10)15/h2-5,10,13-14H,6-9H2,1H3/t10-,13+/m0/s1. The van der Waals surface area contributed by atoms with E-state index < -0.39 is 19.9 Å². The molecule has 3 rings (SSSR count). The van der Waals surface area contributed by atoms with Crippen LogP contribution in [0.2, 0.25) is 0 Å². The van der Waals surface area contributed by atoms with E-state index in [1.165, 1.54) is 24.3 Å². The van der Waals surface area contributed by atoms with Crippen LogP contribution in [-0.4, -0.2) is 53.1 Å². The number of hydrogen-bond donors (Lipinski definition) is 1. The lowest BCUT2D eigenvalue weighted by molar-refractivity contribution is 0.383. The number of fused-ring (bicyclic) bond motifs is 1. The molecule has 2 saturated heterocycles. The number of sulfonamides is 1. The summed E-state index contributed by atoms with van der Waals surface area (Å²) in [4.78, 5) is 0.283. The van der Waals surface area contributed by atoms with Gasteiger partial charge in [-0.15, -0.1) is 0 Å². The van der Waals surface area contributed by atoms with Crippen molar-refractivity contribution in [2.24, 2.45) is 5.92 Å². The number of nitrogens with one attached hydrogen (secondary N) is 1. The van der Waals surface area contributed by atoms with Gasteiger partial charge in [-0.2, -0.15) is 4.31 Å². The molecule has 0 radical (unpaired) electrons. The topological polar surface area (TPSA) is 83.5 Å². The molecular weight excluding hydrogens is 312 g/mol. The number of nitrogens with zero attached hydrogens (tertiary/aromatic N) is 1. The van der Waals surface area contributed by atoms with Crippen molar-refractivity contribution in [1.29, 1.82) is 0 Å². The van der Waals surface area contributed by atoms with Crippen molar-refractivity contribution in [1.82, 2.24) is 9.62 Å². The molecular formula is C13H18N2O4S2. The van der Waals surface area contributed by atoms with Crippen molar-refractivity contribution >= 4 is 19.9 Å². The predicted octanol–water partition coefficient (Wildman–Crippen LogP) is 0.0725. The lowest BCUT2D eigenvalue weighted by Crippen LogP contribution is -2.39. The van der Waals surface area contributed by atoms with Gasteiger partial charge in [0.05, 0.1) is 9.79 Å². The van der Waals surface area contributed by atoms with Crippen molar-refractivity contribution in [2.75, 3.05) is 25.9 Å². The lowest BCUT2D eigenvalue weighted by Gasteiger charge is -2.22. The minimum Gasteiger partial charge on any atom is -0.315 e. The van der Waals surface area contributed by atoms with Gasteiger partial charge in [0.15, 0.2) is 9.84 Å². The molecule has 2 atom stereocenters. The van der Waals surface area contributed by atoms with Crippen LogP contribution < -0.4 is 5.32 Å². The maximum absolute atomic E-state index is 12.7. The van der Waals surface area contributed by atoms with Gasteiger partial charge in [-0.3, -0.25) is 0 Å². The van der Waals surface area contributed by atoms with Gasteiger partial charge in [-0.05, 0) is 43.1 Å². The summed E-state index contributed by atoms with van der Waals surface area (Å²) in [6, 6.07) is 5.47. The Balaban J connectivity index is 1.92. The molecule has 2 aliphatic rings. The lowest BCUT2D eigenvalue weighted by atomic mass is 10.1. The average molecular weight is 330 g/mol. The molecule has 0 amide bonds. The smallest absolute Gasteiger partial charge is 0.243 e. The fourth-order valence-corrected chi connectivity index (χ4v) is 5.43. The Bertz CT molecular complexity index is 741. The Kier molecular flexibility index (Phi) is 3.59. The third kappa shape index (κ3) is 2.61. The summed E-state index contributed by atoms with van der Waals surface area (Å²) < 4.78 is 49.8. The first kappa shape index (κ1) is 15.0. The highest BCUT2D eigenvalue weighted by Gasteiger charge is 2.43. The van der Waals surface area contributed by atoms with E-state index in [2.05, 4.69) is 5.32 Å². The van der Waals surface area contributed by atoms with Gasteiger partial charge in [-0.25, -0.2) is 16.8 Å². The summed E-state index contributed by atoms with van der Waals surface area (Å²) >= 11 is 0. The summed E-state index contributed by atoms with van der Waals surface area (Å²) in [6.45, 7) is 2.09. The second-order valence-electron chi connectivity index (χ2n) is 5.63. The van der Waals surface area contributed by atoms with Crippen LogP contribution in [0.25, 0.3) is 0 Å². The summed E-state index contributed by atoms with van der Waals surface area (Å²) in [5.41, 5.74) is 0. The SMILES string of the molecule is CS(=O)(=O)c1ccc(S(=O)(=O)N2CC[C@H]3CNC[C@H]32)cc1. The van der Waals surface area contributed by atoms with Crippen LogP contribution in [0.15, 0.2) is 34.1 Å². The number of rotatable bonds is 3. The van der Waals surface area contributed by atoms with Gasteiger partial charge in [0.25, 0.3) is 0 Å². The van der Waals surface area contributed by atoms with E-state index in [-0.39, 0.29) is 15.8 Å². The quantitative estimate of drug-likeness (QED) is 0.848. The second-order valence-corrected chi connectivity index (χ2v) is 9.54. The van der Waals surface area contributed by atoms with Crippen molar-refractivity contribution in [3.05, 3.63) is 24.3 Å². The molecule has 1 N–H and O–H groups in total. The van der Waals surface area contributed by atoms with Gasteiger partial charge in [0.2, 0.25) is 10.0 Å². The molecule has 1 aromatic rings. The third-order valence-corrected chi connectivity index (χ3v) is 7.32. The van der Waals surface area contributed by atoms with E-state index in [1.54, 1.807) is 4.31 Å². The van der Waals surface area contributed by atoms with Gasteiger partial charge in [0.1, 0.15) is 0 Å². The molecule has 1 aromatic carbocycles. The molecule has 116 valence electrons. The van der Waals surface area contributed by atoms with E-state index in [1.807, 2.05) is 0 Å². The highest BCUT2D eigenvalue weighted by atomic mass is 32.2. The fourth-order valence-electron chi connectivity index (χ4n) is 3.10. The van der Waals surface area contributed by atoms with E-state index in [0.29, 0.717) is 19.0 Å². The Morgan fingerprint density at radius 1 is 1.05 bits per heavy atom. The maximum atomic E-state index is 12.7. The molecule has 0 spiro atoms. The number of hydrogen-bond acceptors (Lipinski definition) is 5. The number of benzene rings is 1. The monoisotopic (exact) mass is 330 g/mol. The van der Waals surface area contributed by atoms with Gasteiger partial charge >= 0.3 is 0 Å². The summed E-state index contributed by atoms with van der Waals surface area (Å²) in [5, 5.41) is 3.22. The van der Waals surface area contributed by atoms with E-state index >= 15 is 0 Å². The van der Waals surface area contributed by atoms with Gasteiger partial charge in [0, 0.05) is 25.4 Å². The molecule has 0 aliphatic carbocycles. The Morgan fingerprint density at radius 2 is 1.67 bits per heavy atom. The first-order valence-electron chi connectivity index (χ1n) is 6.83. The Morgan fingerprint density at radius 3 is 2.29 bits per heavy atom. The summed E-state index contributed by atoms with van der Waals surface area (Å²) in [5.74, 6) is 0.384. The fraction of sp³-hybridized carbons (Fsp3) is 0.538. The molecule has 2 heterocycles. The largest absolute Gasteiger partial charge is 0.315 e. The van der Waals surface area contributed by atoms with Crippen molar-refractivity contribution < 1.29 is 16.8 Å². The van der Waals surface area contributed by atoms with Crippen LogP contribution in [0, 0.1) is 5.92 Å². The molecule has 6 nitrogen and oxygen atoms in total. The van der Waals surface area contributed by atoms with Gasteiger partial charge < -0.3 is 5.32 Å². The summed E-state index contributed by atoms with van der Waals surface area (Å²) in [7, 11) is -6.87. The molecule has 0 unspecified atom stereocenters. The van der Waals surface area contributed by atoms with Crippen molar-refractivity contribution in [2.45, 2.75) is 22.3 Å². The van der Waals surface area contributed by atoms with E-state index in [9.17, 15) is 16.8 Å². The first-order valence-corrected chi connectivity index (χ1v) is 10.2. The highest BCUT2D eigenvalue weighted by Crippen LogP contribution is 2.32. The molecule has 8 heteroatoms. The van der Waals surface area contributed by atoms with Gasteiger partial charge in [-0.1, -0.05) is 0 Å². The van der Waals surface area contributed by atoms with Crippen LogP contribution >= 0.6 is 0 Å². The van der Waals surface area contributed by atoms with E-state index in [0.717, 1.165) is 19.2 Å². The molecule has 21 heavy (non-hydrogen) atoms. The highest BCUT2D eigenvalue weighted by molar-refractivity contribution is 7.90. The molecule has 0 bridgehead atoms. The van der Waals surface area contributed by atoms with Crippen LogP contribution in [-0.2, 0) is 19.9 Å². The van der Waals surface area contributed by atoms with Crippen LogP contribution in [0.4, 0.5) is 0 Å². The average Bonchev–Trinajstić information content (AvgIpc) is 2.99. The summed E-state index contributed by atoms with van der Waals surface area (Å²) in [6.07, 6.45) is 1.98. The molecule has 0 aromatic heterocycles. The zero-order chi connectivity index (χ0) is 15.3. The normalized spacial score (nSPS) is 26.9. The minimum atomic E-state index is -3.56. The zero-order valence-corrected chi connectivity index (χ0v) is 13.3.